The van der Waals surface area contributed by atoms with E-state index in [0.717, 1.165) is 13.0 Å². The highest BCUT2D eigenvalue weighted by atomic mass is 16.3. The smallest absolute Gasteiger partial charge is 0.0587 e. The molecule has 0 spiro atoms. The van der Waals surface area contributed by atoms with Gasteiger partial charge in [-0.2, -0.15) is 0 Å². The number of nitrogens with one attached hydrogen (secondary N) is 1. The molecule has 2 nitrogen and oxygen atoms in total. The number of rotatable bonds is 5. The maximum absolute atomic E-state index is 9.06. The summed E-state index contributed by atoms with van der Waals surface area (Å²) in [6.45, 7) is 3.15. The number of likely N-dealkylation sites (N-methyl/N-ethyl adjacent to an activating group) is 1. The van der Waals surface area contributed by atoms with Crippen molar-refractivity contribution < 1.29 is 5.11 Å². The molecule has 0 aliphatic heterocycles. The molecule has 0 saturated carbocycles. The van der Waals surface area contributed by atoms with Crippen LogP contribution >= 0.6 is 0 Å². The van der Waals surface area contributed by atoms with Gasteiger partial charge in [0.1, 0.15) is 0 Å². The van der Waals surface area contributed by atoms with Crippen LogP contribution in [0.4, 0.5) is 0 Å². The van der Waals surface area contributed by atoms with E-state index in [1.165, 1.54) is 5.56 Å². The topological polar surface area (TPSA) is 32.3 Å². The van der Waals surface area contributed by atoms with Crippen molar-refractivity contribution in [3.63, 3.8) is 0 Å². The predicted octanol–water partition coefficient (Wildman–Crippen LogP) is 1.20. The Morgan fingerprint density at radius 2 is 2.00 bits per heavy atom. The highest BCUT2D eigenvalue weighted by Gasteiger charge is 2.05. The lowest BCUT2D eigenvalue weighted by molar-refractivity contribution is 0.243. The minimum atomic E-state index is 0.187. The molecule has 0 aromatic heterocycles. The predicted molar refractivity (Wildman–Crippen MR) is 54.7 cm³/mol. The van der Waals surface area contributed by atoms with Crippen molar-refractivity contribution in [3.05, 3.63) is 35.9 Å². The molecule has 1 aromatic carbocycles. The van der Waals surface area contributed by atoms with Gasteiger partial charge in [0.2, 0.25) is 0 Å². The van der Waals surface area contributed by atoms with Crippen molar-refractivity contribution in [1.29, 1.82) is 0 Å². The van der Waals surface area contributed by atoms with E-state index in [0.29, 0.717) is 0 Å². The summed E-state index contributed by atoms with van der Waals surface area (Å²) < 4.78 is 0. The fraction of sp³-hybridized carbons (Fsp3) is 0.455. The van der Waals surface area contributed by atoms with Gasteiger partial charge in [-0.25, -0.2) is 0 Å². The lowest BCUT2D eigenvalue weighted by atomic mass is 10.1. The van der Waals surface area contributed by atoms with Crippen LogP contribution in [0.25, 0.3) is 0 Å². The molecule has 1 rings (SSSR count). The number of hydrogen-bond donors (Lipinski definition) is 2. The molecule has 0 radical (unpaired) electrons. The Labute approximate surface area is 79.6 Å². The summed E-state index contributed by atoms with van der Waals surface area (Å²) in [6.07, 6.45) is 0.894. The molecule has 1 aromatic rings. The molecule has 2 heteroatoms. The van der Waals surface area contributed by atoms with Gasteiger partial charge in [-0.05, 0) is 18.5 Å². The van der Waals surface area contributed by atoms with E-state index in [4.69, 9.17) is 5.11 Å². The number of hydrogen-bond acceptors (Lipinski definition) is 2. The molecule has 0 bridgehead atoms. The van der Waals surface area contributed by atoms with Crippen LogP contribution in [0.3, 0.4) is 0 Å². The first-order valence-corrected chi connectivity index (χ1v) is 4.75. The zero-order valence-corrected chi connectivity index (χ0v) is 8.03. The Morgan fingerprint density at radius 1 is 1.31 bits per heavy atom. The molecule has 0 heterocycles. The molecule has 0 amide bonds. The zero-order valence-electron chi connectivity index (χ0n) is 8.03. The van der Waals surface area contributed by atoms with Crippen molar-refractivity contribution in [3.8, 4) is 0 Å². The van der Waals surface area contributed by atoms with Crippen molar-refractivity contribution >= 4 is 0 Å². The molecule has 13 heavy (non-hydrogen) atoms. The Morgan fingerprint density at radius 3 is 2.54 bits per heavy atom. The van der Waals surface area contributed by atoms with Gasteiger partial charge in [0.25, 0.3) is 0 Å². The van der Waals surface area contributed by atoms with Crippen molar-refractivity contribution in [2.75, 3.05) is 13.2 Å². The van der Waals surface area contributed by atoms with Gasteiger partial charge >= 0.3 is 0 Å². The van der Waals surface area contributed by atoms with Gasteiger partial charge in [0.15, 0.2) is 0 Å². The molecule has 0 aliphatic rings. The SMILES string of the molecule is CCN[C@@H](CO)Cc1ccccc1. The third-order valence-corrected chi connectivity index (χ3v) is 2.04. The van der Waals surface area contributed by atoms with Gasteiger partial charge in [0, 0.05) is 6.04 Å². The van der Waals surface area contributed by atoms with E-state index in [2.05, 4.69) is 17.4 Å². The summed E-state index contributed by atoms with van der Waals surface area (Å²) >= 11 is 0. The average Bonchev–Trinajstić information content (AvgIpc) is 2.19. The number of aliphatic hydroxyl groups excluding tert-OH is 1. The fourth-order valence-corrected chi connectivity index (χ4v) is 1.39. The average molecular weight is 179 g/mol. The third kappa shape index (κ3) is 3.57. The van der Waals surface area contributed by atoms with Crippen LogP contribution in [0.1, 0.15) is 12.5 Å². The first-order chi connectivity index (χ1) is 6.36. The van der Waals surface area contributed by atoms with Crippen LogP contribution in [0, 0.1) is 0 Å². The summed E-state index contributed by atoms with van der Waals surface area (Å²) in [7, 11) is 0. The highest BCUT2D eigenvalue weighted by Crippen LogP contribution is 2.02. The van der Waals surface area contributed by atoms with Crippen molar-refractivity contribution in [2.24, 2.45) is 0 Å². The zero-order chi connectivity index (χ0) is 9.52. The van der Waals surface area contributed by atoms with Crippen LogP contribution in [0.5, 0.6) is 0 Å². The third-order valence-electron chi connectivity index (χ3n) is 2.04. The van der Waals surface area contributed by atoms with Gasteiger partial charge < -0.3 is 10.4 Å². The maximum atomic E-state index is 9.06. The Kier molecular flexibility index (Phi) is 4.50. The first kappa shape index (κ1) is 10.2. The second kappa shape index (κ2) is 5.73. The Hall–Kier alpha value is -0.860. The normalized spacial score (nSPS) is 12.8. The van der Waals surface area contributed by atoms with Gasteiger partial charge in [-0.15, -0.1) is 0 Å². The standard InChI is InChI=1S/C11H17NO/c1-2-12-11(9-13)8-10-6-4-3-5-7-10/h3-7,11-13H,2,8-9H2,1H3/t11-/m1/s1. The fourth-order valence-electron chi connectivity index (χ4n) is 1.39. The molecule has 0 saturated heterocycles. The molecular formula is C11H17NO. The summed E-state index contributed by atoms with van der Waals surface area (Å²) in [6, 6.07) is 10.4. The summed E-state index contributed by atoms with van der Waals surface area (Å²) in [5, 5.41) is 12.3. The first-order valence-electron chi connectivity index (χ1n) is 4.75. The van der Waals surface area contributed by atoms with E-state index in [1.807, 2.05) is 25.1 Å². The van der Waals surface area contributed by atoms with Crippen LogP contribution in [-0.2, 0) is 6.42 Å². The minimum absolute atomic E-state index is 0.187. The lowest BCUT2D eigenvalue weighted by Gasteiger charge is -2.14. The van der Waals surface area contributed by atoms with Crippen molar-refractivity contribution in [2.45, 2.75) is 19.4 Å². The largest absolute Gasteiger partial charge is 0.395 e. The highest BCUT2D eigenvalue weighted by molar-refractivity contribution is 5.15. The monoisotopic (exact) mass is 179 g/mol. The van der Waals surface area contributed by atoms with E-state index in [-0.39, 0.29) is 12.6 Å². The minimum Gasteiger partial charge on any atom is -0.395 e. The Bertz CT molecular complexity index is 223. The van der Waals surface area contributed by atoms with E-state index in [9.17, 15) is 0 Å². The van der Waals surface area contributed by atoms with Crippen molar-refractivity contribution in [1.82, 2.24) is 5.32 Å². The van der Waals surface area contributed by atoms with Gasteiger partial charge in [0.05, 0.1) is 6.61 Å². The van der Waals surface area contributed by atoms with E-state index < -0.39 is 0 Å². The van der Waals surface area contributed by atoms with E-state index >= 15 is 0 Å². The van der Waals surface area contributed by atoms with Crippen LogP contribution < -0.4 is 5.32 Å². The molecular weight excluding hydrogens is 162 g/mol. The quantitative estimate of drug-likeness (QED) is 0.712. The van der Waals surface area contributed by atoms with Gasteiger partial charge in [-0.3, -0.25) is 0 Å². The molecule has 0 fully saturated rings. The Balaban J connectivity index is 2.46. The number of aliphatic hydroxyl groups is 1. The molecule has 2 N–H and O–H groups in total. The van der Waals surface area contributed by atoms with Crippen LogP contribution in [0.15, 0.2) is 30.3 Å². The van der Waals surface area contributed by atoms with Crippen LogP contribution in [0.2, 0.25) is 0 Å². The van der Waals surface area contributed by atoms with Crippen LogP contribution in [-0.4, -0.2) is 24.3 Å². The molecule has 0 aliphatic carbocycles. The molecule has 0 unspecified atom stereocenters. The maximum Gasteiger partial charge on any atom is 0.0587 e. The number of benzene rings is 1. The second-order valence-corrected chi connectivity index (χ2v) is 3.13. The summed E-state index contributed by atoms with van der Waals surface area (Å²) in [5.74, 6) is 0. The summed E-state index contributed by atoms with van der Waals surface area (Å²) in [5.41, 5.74) is 1.27. The molecule has 72 valence electrons. The van der Waals surface area contributed by atoms with Gasteiger partial charge in [-0.1, -0.05) is 37.3 Å². The summed E-state index contributed by atoms with van der Waals surface area (Å²) in [4.78, 5) is 0. The lowest BCUT2D eigenvalue weighted by Crippen LogP contribution is -2.34. The second-order valence-electron chi connectivity index (χ2n) is 3.13. The van der Waals surface area contributed by atoms with E-state index in [1.54, 1.807) is 0 Å². The molecule has 1 atom stereocenters.